The van der Waals surface area contributed by atoms with Crippen molar-refractivity contribution in [3.05, 3.63) is 11.7 Å². The van der Waals surface area contributed by atoms with Crippen molar-refractivity contribution in [2.24, 2.45) is 17.6 Å². The fraction of sp³-hybridized carbons (Fsp3) is 0.765. The van der Waals surface area contributed by atoms with Crippen LogP contribution in [-0.4, -0.2) is 64.5 Å². The zero-order chi connectivity index (χ0) is 17.8. The predicted octanol–water partition coefficient (Wildman–Crippen LogP) is 0.356. The molecular formula is C17H27N5O3. The Morgan fingerprint density at radius 3 is 2.64 bits per heavy atom. The van der Waals surface area contributed by atoms with Crippen molar-refractivity contribution < 1.29 is 14.1 Å². The molecule has 138 valence electrons. The van der Waals surface area contributed by atoms with Crippen molar-refractivity contribution in [1.82, 2.24) is 19.9 Å². The molecule has 8 nitrogen and oxygen atoms in total. The van der Waals surface area contributed by atoms with E-state index in [-0.39, 0.29) is 24.3 Å². The van der Waals surface area contributed by atoms with Crippen molar-refractivity contribution in [2.75, 3.05) is 32.7 Å². The molecule has 2 aliphatic rings. The number of carbonyl (C=O) groups is 2. The highest BCUT2D eigenvalue weighted by Crippen LogP contribution is 2.24. The Bertz CT molecular complexity index is 609. The van der Waals surface area contributed by atoms with Gasteiger partial charge in [0.1, 0.15) is 0 Å². The highest BCUT2D eigenvalue weighted by atomic mass is 16.5. The summed E-state index contributed by atoms with van der Waals surface area (Å²) in [6, 6.07) is 0. The molecule has 0 aliphatic carbocycles. The number of aromatic nitrogens is 2. The molecule has 1 aromatic rings. The van der Waals surface area contributed by atoms with Gasteiger partial charge in [-0.25, -0.2) is 0 Å². The number of nitrogens with two attached hydrogens (primary N) is 1. The van der Waals surface area contributed by atoms with Gasteiger partial charge >= 0.3 is 0 Å². The third kappa shape index (κ3) is 4.78. The number of piperidine rings is 2. The summed E-state index contributed by atoms with van der Waals surface area (Å²) >= 11 is 0. The van der Waals surface area contributed by atoms with Crippen LogP contribution in [0.5, 0.6) is 0 Å². The van der Waals surface area contributed by atoms with Gasteiger partial charge in [-0.15, -0.1) is 0 Å². The Balaban J connectivity index is 1.47. The van der Waals surface area contributed by atoms with E-state index in [4.69, 9.17) is 10.3 Å². The molecule has 0 radical (unpaired) electrons. The molecule has 0 saturated carbocycles. The van der Waals surface area contributed by atoms with E-state index < -0.39 is 0 Å². The lowest BCUT2D eigenvalue weighted by atomic mass is 9.91. The van der Waals surface area contributed by atoms with Crippen LogP contribution in [0.15, 0.2) is 4.52 Å². The summed E-state index contributed by atoms with van der Waals surface area (Å²) in [5, 5.41) is 3.96. The molecule has 2 amide bonds. The van der Waals surface area contributed by atoms with Crippen LogP contribution in [0.3, 0.4) is 0 Å². The lowest BCUT2D eigenvalue weighted by molar-refractivity contribution is -0.139. The Hall–Kier alpha value is -1.96. The normalized spacial score (nSPS) is 22.9. The molecule has 1 aromatic heterocycles. The minimum Gasteiger partial charge on any atom is -0.369 e. The first-order valence-corrected chi connectivity index (χ1v) is 9.10. The van der Waals surface area contributed by atoms with E-state index in [9.17, 15) is 9.59 Å². The van der Waals surface area contributed by atoms with Gasteiger partial charge in [0.25, 0.3) is 0 Å². The van der Waals surface area contributed by atoms with Gasteiger partial charge in [-0.3, -0.25) is 14.5 Å². The molecule has 0 spiro atoms. The minimum atomic E-state index is -0.328. The highest BCUT2D eigenvalue weighted by Gasteiger charge is 2.32. The fourth-order valence-corrected chi connectivity index (χ4v) is 3.92. The second-order valence-corrected chi connectivity index (χ2v) is 7.24. The first-order chi connectivity index (χ1) is 12.0. The molecule has 2 saturated heterocycles. The monoisotopic (exact) mass is 349 g/mol. The maximum Gasteiger partial charge on any atom is 0.231 e. The van der Waals surface area contributed by atoms with Gasteiger partial charge in [0, 0.05) is 33.0 Å². The topological polar surface area (TPSA) is 106 Å². The summed E-state index contributed by atoms with van der Waals surface area (Å²) in [4.78, 5) is 32.1. The zero-order valence-corrected chi connectivity index (χ0v) is 14.8. The van der Waals surface area contributed by atoms with Gasteiger partial charge in [-0.1, -0.05) is 5.16 Å². The van der Waals surface area contributed by atoms with Crippen LogP contribution in [-0.2, 0) is 16.0 Å². The zero-order valence-electron chi connectivity index (χ0n) is 14.8. The van der Waals surface area contributed by atoms with E-state index in [0.717, 1.165) is 57.6 Å². The standard InChI is InChI=1S/C17H27N5O3/c1-12-19-16(20-25-12)9-13-4-7-22(8-5-13)17(24)14-3-2-6-21(10-14)11-15(18)23/h13-14H,2-11H2,1H3,(H2,18,23)/t14-/m1/s1. The number of likely N-dealkylation sites (tertiary alicyclic amines) is 2. The molecular weight excluding hydrogens is 322 g/mol. The summed E-state index contributed by atoms with van der Waals surface area (Å²) in [7, 11) is 0. The van der Waals surface area contributed by atoms with Gasteiger partial charge in [0.05, 0.1) is 12.5 Å². The Kier molecular flexibility index (Phi) is 5.67. The maximum atomic E-state index is 12.8. The van der Waals surface area contributed by atoms with E-state index in [2.05, 4.69) is 10.1 Å². The molecule has 8 heteroatoms. The second kappa shape index (κ2) is 7.95. The number of aryl methyl sites for hydroxylation is 1. The highest BCUT2D eigenvalue weighted by molar-refractivity contribution is 5.79. The molecule has 0 bridgehead atoms. The summed E-state index contributed by atoms with van der Waals surface area (Å²) < 4.78 is 5.02. The molecule has 3 rings (SSSR count). The lowest BCUT2D eigenvalue weighted by Crippen LogP contribution is -2.48. The van der Waals surface area contributed by atoms with Crippen molar-refractivity contribution >= 4 is 11.8 Å². The fourth-order valence-electron chi connectivity index (χ4n) is 3.92. The van der Waals surface area contributed by atoms with Crippen LogP contribution in [0.4, 0.5) is 0 Å². The van der Waals surface area contributed by atoms with E-state index in [1.165, 1.54) is 0 Å². The van der Waals surface area contributed by atoms with Gasteiger partial charge in [-0.2, -0.15) is 4.98 Å². The number of hydrogen-bond acceptors (Lipinski definition) is 6. The average molecular weight is 349 g/mol. The maximum absolute atomic E-state index is 12.8. The van der Waals surface area contributed by atoms with Crippen molar-refractivity contribution in [1.29, 1.82) is 0 Å². The Labute approximate surface area is 147 Å². The largest absolute Gasteiger partial charge is 0.369 e. The molecule has 0 aromatic carbocycles. The van der Waals surface area contributed by atoms with E-state index in [1.54, 1.807) is 6.92 Å². The molecule has 2 fully saturated rings. The number of carbonyl (C=O) groups excluding carboxylic acids is 2. The Morgan fingerprint density at radius 2 is 2.00 bits per heavy atom. The van der Waals surface area contributed by atoms with Crippen LogP contribution in [0.25, 0.3) is 0 Å². The van der Waals surface area contributed by atoms with Crippen LogP contribution >= 0.6 is 0 Å². The summed E-state index contributed by atoms with van der Waals surface area (Å²) in [5.74, 6) is 1.74. The van der Waals surface area contributed by atoms with Crippen molar-refractivity contribution in [3.63, 3.8) is 0 Å². The van der Waals surface area contributed by atoms with E-state index in [1.807, 2.05) is 9.80 Å². The first-order valence-electron chi connectivity index (χ1n) is 9.10. The van der Waals surface area contributed by atoms with Gasteiger partial charge in [0.15, 0.2) is 5.82 Å². The summed E-state index contributed by atoms with van der Waals surface area (Å²) in [6.07, 6.45) is 4.59. The number of primary amides is 1. The van der Waals surface area contributed by atoms with Gasteiger partial charge in [0.2, 0.25) is 17.7 Å². The van der Waals surface area contributed by atoms with Crippen LogP contribution in [0, 0.1) is 18.8 Å². The lowest BCUT2D eigenvalue weighted by Gasteiger charge is -2.37. The smallest absolute Gasteiger partial charge is 0.231 e. The quantitative estimate of drug-likeness (QED) is 0.822. The second-order valence-electron chi connectivity index (χ2n) is 7.24. The van der Waals surface area contributed by atoms with Crippen LogP contribution in [0.1, 0.15) is 37.4 Å². The molecule has 2 aliphatic heterocycles. The Morgan fingerprint density at radius 1 is 1.24 bits per heavy atom. The molecule has 3 heterocycles. The summed E-state index contributed by atoms with van der Waals surface area (Å²) in [5.41, 5.74) is 5.27. The average Bonchev–Trinajstić information content (AvgIpc) is 2.99. The third-order valence-electron chi connectivity index (χ3n) is 5.20. The SMILES string of the molecule is Cc1nc(CC2CCN(C(=O)[C@@H]3CCCN(CC(N)=O)C3)CC2)no1. The number of amides is 2. The molecule has 1 atom stereocenters. The molecule has 2 N–H and O–H groups in total. The number of hydrogen-bond donors (Lipinski definition) is 1. The predicted molar refractivity (Wildman–Crippen MR) is 90.4 cm³/mol. The van der Waals surface area contributed by atoms with Crippen molar-refractivity contribution in [2.45, 2.75) is 39.0 Å². The summed E-state index contributed by atoms with van der Waals surface area (Å²) in [6.45, 7) is 5.10. The van der Waals surface area contributed by atoms with Gasteiger partial charge in [-0.05, 0) is 38.1 Å². The van der Waals surface area contributed by atoms with E-state index >= 15 is 0 Å². The molecule has 25 heavy (non-hydrogen) atoms. The molecule has 0 unspecified atom stereocenters. The number of rotatable bonds is 5. The van der Waals surface area contributed by atoms with Gasteiger partial charge < -0.3 is 15.2 Å². The minimum absolute atomic E-state index is 0.00972. The number of nitrogens with zero attached hydrogens (tertiary/aromatic N) is 4. The van der Waals surface area contributed by atoms with E-state index in [0.29, 0.717) is 18.4 Å². The first kappa shape index (κ1) is 17.8. The van der Waals surface area contributed by atoms with Crippen LogP contribution < -0.4 is 5.73 Å². The van der Waals surface area contributed by atoms with Crippen LogP contribution in [0.2, 0.25) is 0 Å². The third-order valence-corrected chi connectivity index (χ3v) is 5.20. The van der Waals surface area contributed by atoms with Crippen molar-refractivity contribution in [3.8, 4) is 0 Å².